The standard InChI is InChI=1S/C33H42BrN5O5/c1-6-18(4)13-25-30(41)38-12-8-11-26(38)33(43)39(25)31(42)32(44-33,17(2)3)36-29(40)19-14-21-20-9-7-10-23-27(20)22(28(34)35-23)15-24(21)37(5)16-19/h7,9-10,14,17-19,24-26,35,43H,6,8,11-13,15-16H2,1-5H3,(H,36,40)/t18?,19-,24-,25+,26+,32-,33+/m1/s1. The van der Waals surface area contributed by atoms with E-state index in [9.17, 15) is 19.5 Å². The van der Waals surface area contributed by atoms with Crippen LogP contribution in [0.3, 0.4) is 0 Å². The number of amides is 3. The molecule has 7 rings (SSSR count). The van der Waals surface area contributed by atoms with Gasteiger partial charge in [0.2, 0.25) is 17.5 Å². The Labute approximate surface area is 266 Å². The van der Waals surface area contributed by atoms with Gasteiger partial charge in [0, 0.05) is 36.0 Å². The third kappa shape index (κ3) is 4.11. The van der Waals surface area contributed by atoms with E-state index in [1.165, 1.54) is 15.8 Å². The van der Waals surface area contributed by atoms with Gasteiger partial charge in [0.15, 0.2) is 0 Å². The number of likely N-dealkylation sites (N-methyl/N-ethyl adjacent to an activating group) is 1. The van der Waals surface area contributed by atoms with Crippen molar-refractivity contribution in [2.45, 2.75) is 89.6 Å². The average molecular weight is 669 g/mol. The van der Waals surface area contributed by atoms with Crippen LogP contribution in [0.1, 0.15) is 64.5 Å². The Bertz CT molecular complexity index is 1590. The van der Waals surface area contributed by atoms with Crippen molar-refractivity contribution in [2.75, 3.05) is 20.1 Å². The maximum atomic E-state index is 14.5. The number of rotatable bonds is 6. The first-order valence-electron chi connectivity index (χ1n) is 16.0. The fourth-order valence-electron chi connectivity index (χ4n) is 8.25. The van der Waals surface area contributed by atoms with E-state index >= 15 is 0 Å². The Hall–Kier alpha value is -2.73. The molecule has 11 heteroatoms. The van der Waals surface area contributed by atoms with Gasteiger partial charge in [0.05, 0.1) is 10.5 Å². The van der Waals surface area contributed by atoms with Gasteiger partial charge in [-0.25, -0.2) is 0 Å². The van der Waals surface area contributed by atoms with Crippen molar-refractivity contribution >= 4 is 50.1 Å². The molecule has 2 aromatic rings. The molecule has 5 heterocycles. The van der Waals surface area contributed by atoms with E-state index in [0.29, 0.717) is 25.9 Å². The first kappa shape index (κ1) is 30.0. The second kappa shape index (κ2) is 10.4. The maximum Gasteiger partial charge on any atom is 0.281 e. The number of benzene rings is 1. The number of hydrogen-bond acceptors (Lipinski definition) is 6. The molecule has 0 saturated carbocycles. The summed E-state index contributed by atoms with van der Waals surface area (Å²) in [5.41, 5.74) is 2.68. The van der Waals surface area contributed by atoms with Crippen LogP contribution in [0.15, 0.2) is 28.9 Å². The molecule has 3 amide bonds. The Morgan fingerprint density at radius 3 is 2.77 bits per heavy atom. The Balaban J connectivity index is 1.24. The summed E-state index contributed by atoms with van der Waals surface area (Å²) in [6, 6.07) is 4.78. The summed E-state index contributed by atoms with van der Waals surface area (Å²) >= 11 is 3.70. The number of nitrogens with zero attached hydrogens (tertiary/aromatic N) is 3. The molecule has 3 N–H and O–H groups in total. The zero-order chi connectivity index (χ0) is 31.3. The van der Waals surface area contributed by atoms with Crippen molar-refractivity contribution in [1.82, 2.24) is 25.0 Å². The summed E-state index contributed by atoms with van der Waals surface area (Å²) in [5.74, 6) is -3.95. The number of aliphatic hydroxyl groups is 1. The second-order valence-corrected chi connectivity index (χ2v) is 14.6. The second-order valence-electron chi connectivity index (χ2n) is 13.8. The van der Waals surface area contributed by atoms with Crippen molar-refractivity contribution < 1.29 is 24.2 Å². The molecule has 44 heavy (non-hydrogen) atoms. The van der Waals surface area contributed by atoms with E-state index in [2.05, 4.69) is 43.3 Å². The molecule has 0 bridgehead atoms. The highest BCUT2D eigenvalue weighted by atomic mass is 79.9. The summed E-state index contributed by atoms with van der Waals surface area (Å²) in [5, 5.41) is 16.4. The van der Waals surface area contributed by atoms with Crippen LogP contribution in [0.2, 0.25) is 0 Å². The van der Waals surface area contributed by atoms with Gasteiger partial charge in [-0.3, -0.25) is 28.9 Å². The number of nitrogens with one attached hydrogen (secondary N) is 2. The lowest BCUT2D eigenvalue weighted by Gasteiger charge is -2.49. The lowest BCUT2D eigenvalue weighted by atomic mass is 9.79. The summed E-state index contributed by atoms with van der Waals surface area (Å²) < 4.78 is 7.46. The zero-order valence-corrected chi connectivity index (χ0v) is 27.6. The van der Waals surface area contributed by atoms with Gasteiger partial charge in [0.25, 0.3) is 11.8 Å². The fraction of sp³-hybridized carbons (Fsp3) is 0.606. The van der Waals surface area contributed by atoms with Crippen molar-refractivity contribution in [2.24, 2.45) is 17.8 Å². The molecule has 10 nitrogen and oxygen atoms in total. The van der Waals surface area contributed by atoms with Crippen molar-refractivity contribution in [3.63, 3.8) is 0 Å². The molecular weight excluding hydrogens is 626 g/mol. The van der Waals surface area contributed by atoms with E-state index < -0.39 is 41.5 Å². The number of aromatic amines is 1. The third-order valence-corrected chi connectivity index (χ3v) is 11.6. The number of halogens is 1. The minimum Gasteiger partial charge on any atom is -0.349 e. The number of hydrogen-bond donors (Lipinski definition) is 3. The highest BCUT2D eigenvalue weighted by molar-refractivity contribution is 9.10. The average Bonchev–Trinajstić information content (AvgIpc) is 3.67. The van der Waals surface area contributed by atoms with Crippen LogP contribution in [0.4, 0.5) is 0 Å². The van der Waals surface area contributed by atoms with Crippen LogP contribution >= 0.6 is 15.9 Å². The molecular formula is C33H42BrN5O5. The topological polar surface area (TPSA) is 118 Å². The molecule has 236 valence electrons. The van der Waals surface area contributed by atoms with Crippen LogP contribution in [0.25, 0.3) is 16.5 Å². The number of piperazine rings is 1. The van der Waals surface area contributed by atoms with Crippen LogP contribution in [0.5, 0.6) is 0 Å². The van der Waals surface area contributed by atoms with Crippen LogP contribution < -0.4 is 5.32 Å². The van der Waals surface area contributed by atoms with Gasteiger partial charge in [-0.05, 0) is 77.3 Å². The molecule has 0 spiro atoms. The van der Waals surface area contributed by atoms with Gasteiger partial charge < -0.3 is 20.3 Å². The number of carbonyl (C=O) groups excluding carboxylic acids is 3. The number of fused-ring (bicyclic) bond motifs is 5. The van der Waals surface area contributed by atoms with E-state index in [1.807, 2.05) is 46.9 Å². The largest absolute Gasteiger partial charge is 0.349 e. The number of carbonyl (C=O) groups is 3. The van der Waals surface area contributed by atoms with Gasteiger partial charge in [-0.1, -0.05) is 52.3 Å². The van der Waals surface area contributed by atoms with Crippen molar-refractivity contribution in [1.29, 1.82) is 0 Å². The van der Waals surface area contributed by atoms with E-state index in [0.717, 1.165) is 40.5 Å². The molecule has 4 aliphatic heterocycles. The van der Waals surface area contributed by atoms with Crippen molar-refractivity contribution in [3.05, 3.63) is 40.0 Å². The minimum absolute atomic E-state index is 0.114. The zero-order valence-electron chi connectivity index (χ0n) is 26.0. The Kier molecular flexibility index (Phi) is 7.08. The number of H-pyrrole nitrogens is 1. The maximum absolute atomic E-state index is 14.5. The van der Waals surface area contributed by atoms with E-state index in [4.69, 9.17) is 4.74 Å². The van der Waals surface area contributed by atoms with Gasteiger partial charge in [0.1, 0.15) is 12.1 Å². The molecule has 0 radical (unpaired) electrons. The number of ether oxygens (including phenoxy) is 1. The predicted octanol–water partition coefficient (Wildman–Crippen LogP) is 3.58. The first-order chi connectivity index (χ1) is 20.9. The lowest BCUT2D eigenvalue weighted by molar-refractivity contribution is -0.322. The molecule has 3 saturated heterocycles. The highest BCUT2D eigenvalue weighted by Gasteiger charge is 2.72. The molecule has 5 aliphatic rings. The summed E-state index contributed by atoms with van der Waals surface area (Å²) in [6.45, 7) is 8.70. The Morgan fingerprint density at radius 2 is 2.05 bits per heavy atom. The third-order valence-electron chi connectivity index (χ3n) is 10.9. The van der Waals surface area contributed by atoms with E-state index in [-0.39, 0.29) is 23.8 Å². The molecule has 1 aromatic heterocycles. The fourth-order valence-corrected chi connectivity index (χ4v) is 8.82. The van der Waals surface area contributed by atoms with Gasteiger partial charge in [-0.2, -0.15) is 0 Å². The first-order valence-corrected chi connectivity index (χ1v) is 16.8. The normalized spacial score (nSPS) is 33.9. The smallest absolute Gasteiger partial charge is 0.281 e. The summed E-state index contributed by atoms with van der Waals surface area (Å²) in [4.78, 5) is 51.1. The lowest BCUT2D eigenvalue weighted by Crippen LogP contribution is -2.71. The molecule has 1 aliphatic carbocycles. The predicted molar refractivity (Wildman–Crippen MR) is 169 cm³/mol. The monoisotopic (exact) mass is 667 g/mol. The molecule has 1 aromatic carbocycles. The van der Waals surface area contributed by atoms with Crippen molar-refractivity contribution in [3.8, 4) is 0 Å². The minimum atomic E-state index is -2.01. The molecule has 1 unspecified atom stereocenters. The van der Waals surface area contributed by atoms with Gasteiger partial charge in [-0.15, -0.1) is 0 Å². The SMILES string of the molecule is CCC(C)C[C@H]1C(=O)N2CCC[C@H]2[C@]2(O)O[C@](NC(=O)[C@@H]3C=C4c5cccc6[nH]c(Br)c(c56)C[C@H]4N(C)C3)(C(C)C)C(=O)N12. The molecule has 3 fully saturated rings. The summed E-state index contributed by atoms with van der Waals surface area (Å²) in [7, 11) is 2.03. The van der Waals surface area contributed by atoms with Crippen LogP contribution in [-0.4, -0.2) is 92.4 Å². The number of aromatic nitrogens is 1. The van der Waals surface area contributed by atoms with Gasteiger partial charge >= 0.3 is 0 Å². The summed E-state index contributed by atoms with van der Waals surface area (Å²) in [6.07, 6.45) is 5.35. The Morgan fingerprint density at radius 1 is 1.27 bits per heavy atom. The van der Waals surface area contributed by atoms with Crippen LogP contribution in [-0.2, 0) is 25.5 Å². The quantitative estimate of drug-likeness (QED) is 0.434. The highest BCUT2D eigenvalue weighted by Crippen LogP contribution is 2.49. The molecule has 7 atom stereocenters. The van der Waals surface area contributed by atoms with E-state index in [1.54, 1.807) is 4.90 Å². The van der Waals surface area contributed by atoms with Crippen LogP contribution in [0, 0.1) is 17.8 Å².